The van der Waals surface area contributed by atoms with Gasteiger partial charge in [-0.25, -0.2) is 0 Å². The lowest BCUT2D eigenvalue weighted by molar-refractivity contribution is -0.149. The maximum absolute atomic E-state index is 11.8. The smallest absolute Gasteiger partial charge is 0.319 e. The van der Waals surface area contributed by atoms with Crippen molar-refractivity contribution in [3.05, 3.63) is 0 Å². The molecule has 0 fully saturated rings. The van der Waals surface area contributed by atoms with Crippen LogP contribution in [-0.4, -0.2) is 30.4 Å². The first-order valence-corrected chi connectivity index (χ1v) is 10.3. The maximum Gasteiger partial charge on any atom is 0.319 e. The second-order valence-electron chi connectivity index (χ2n) is 7.59. The molecule has 0 saturated heterocycles. The summed E-state index contributed by atoms with van der Waals surface area (Å²) < 4.78 is 10.3. The van der Waals surface area contributed by atoms with Crippen LogP contribution in [0.25, 0.3) is 0 Å². The van der Waals surface area contributed by atoms with Gasteiger partial charge in [0, 0.05) is 0 Å². The van der Waals surface area contributed by atoms with Crippen LogP contribution in [0.2, 0.25) is 0 Å². The van der Waals surface area contributed by atoms with Crippen LogP contribution in [0.1, 0.15) is 85.5 Å². The fourth-order valence-corrected chi connectivity index (χ4v) is 2.64. The minimum absolute atomic E-state index is 0.0265. The minimum atomic E-state index is -0.732. The molecule has 0 aliphatic rings. The zero-order chi connectivity index (χ0) is 19.1. The van der Waals surface area contributed by atoms with E-state index in [1.54, 1.807) is 0 Å². The Hall–Kier alpha value is -0.710. The molecule has 0 bridgehead atoms. The van der Waals surface area contributed by atoms with Crippen LogP contribution in [0.5, 0.6) is 0 Å². The predicted octanol–water partition coefficient (Wildman–Crippen LogP) is 5.19. The Balaban J connectivity index is 3.62. The highest BCUT2D eigenvalue weighted by molar-refractivity contribution is 7.81. The van der Waals surface area contributed by atoms with Gasteiger partial charge < -0.3 is 9.47 Å². The van der Waals surface area contributed by atoms with Crippen LogP contribution in [0, 0.1) is 11.8 Å². The molecule has 5 heteroatoms. The highest BCUT2D eigenvalue weighted by atomic mass is 32.1. The van der Waals surface area contributed by atoms with Crippen LogP contribution in [-0.2, 0) is 19.1 Å². The SMILES string of the molecule is CC(C)CCCCCOC(=O)CC(S)C(=O)OCCCCCC(C)C. The summed E-state index contributed by atoms with van der Waals surface area (Å²) in [5.74, 6) is 0.623. The maximum atomic E-state index is 11.8. The van der Waals surface area contributed by atoms with Crippen molar-refractivity contribution in [2.75, 3.05) is 13.2 Å². The van der Waals surface area contributed by atoms with E-state index in [1.165, 1.54) is 12.8 Å². The molecule has 0 aromatic rings. The number of rotatable bonds is 15. The summed E-state index contributed by atoms with van der Waals surface area (Å²) in [6.07, 6.45) is 8.55. The Morgan fingerprint density at radius 1 is 0.760 bits per heavy atom. The van der Waals surface area contributed by atoms with Gasteiger partial charge in [0.2, 0.25) is 0 Å². The van der Waals surface area contributed by atoms with Gasteiger partial charge in [-0.05, 0) is 24.7 Å². The summed E-state index contributed by atoms with van der Waals surface area (Å²) in [5.41, 5.74) is 0. The third kappa shape index (κ3) is 16.5. The van der Waals surface area contributed by atoms with Gasteiger partial charge >= 0.3 is 11.9 Å². The lowest BCUT2D eigenvalue weighted by atomic mass is 10.1. The van der Waals surface area contributed by atoms with Crippen LogP contribution in [0.15, 0.2) is 0 Å². The van der Waals surface area contributed by atoms with Crippen molar-refractivity contribution >= 4 is 24.6 Å². The number of carbonyl (C=O) groups excluding carboxylic acids is 2. The second kappa shape index (κ2) is 15.5. The van der Waals surface area contributed by atoms with E-state index < -0.39 is 11.2 Å². The zero-order valence-corrected chi connectivity index (χ0v) is 17.5. The first kappa shape index (κ1) is 24.3. The fraction of sp³-hybridized carbons (Fsp3) is 0.900. The molecule has 0 aliphatic heterocycles. The summed E-state index contributed by atoms with van der Waals surface area (Å²) in [7, 11) is 0. The van der Waals surface area contributed by atoms with Crippen molar-refractivity contribution in [2.45, 2.75) is 90.7 Å². The molecule has 25 heavy (non-hydrogen) atoms. The van der Waals surface area contributed by atoms with Crippen LogP contribution >= 0.6 is 12.6 Å². The molecule has 0 spiro atoms. The summed E-state index contributed by atoms with van der Waals surface area (Å²) in [6.45, 7) is 9.64. The molecule has 0 radical (unpaired) electrons. The van der Waals surface area contributed by atoms with Crippen molar-refractivity contribution < 1.29 is 19.1 Å². The topological polar surface area (TPSA) is 52.6 Å². The average molecular weight is 375 g/mol. The van der Waals surface area contributed by atoms with E-state index in [-0.39, 0.29) is 12.4 Å². The van der Waals surface area contributed by atoms with Gasteiger partial charge in [-0.15, -0.1) is 0 Å². The van der Waals surface area contributed by atoms with Crippen LogP contribution in [0.3, 0.4) is 0 Å². The lowest BCUT2D eigenvalue weighted by Gasteiger charge is -2.11. The molecule has 0 heterocycles. The number of thiol groups is 1. The molecular formula is C20H38O4S. The van der Waals surface area contributed by atoms with Crippen molar-refractivity contribution in [1.29, 1.82) is 0 Å². The van der Waals surface area contributed by atoms with Gasteiger partial charge in [-0.1, -0.05) is 66.2 Å². The molecule has 0 aliphatic carbocycles. The van der Waals surface area contributed by atoms with E-state index in [2.05, 4.69) is 40.3 Å². The van der Waals surface area contributed by atoms with Gasteiger partial charge in [0.1, 0.15) is 5.25 Å². The Kier molecular flexibility index (Phi) is 15.1. The summed E-state index contributed by atoms with van der Waals surface area (Å²) in [5, 5.41) is -0.732. The number of carbonyl (C=O) groups is 2. The Labute approximate surface area is 159 Å². The zero-order valence-electron chi connectivity index (χ0n) is 16.6. The highest BCUT2D eigenvalue weighted by Crippen LogP contribution is 2.11. The number of hydrogen-bond acceptors (Lipinski definition) is 5. The Morgan fingerprint density at radius 2 is 1.24 bits per heavy atom. The highest BCUT2D eigenvalue weighted by Gasteiger charge is 2.20. The molecule has 0 amide bonds. The molecular weight excluding hydrogens is 336 g/mol. The molecule has 0 aromatic carbocycles. The van der Waals surface area contributed by atoms with Crippen molar-refractivity contribution in [1.82, 2.24) is 0 Å². The molecule has 0 aromatic heterocycles. The van der Waals surface area contributed by atoms with Gasteiger partial charge in [0.25, 0.3) is 0 Å². The quantitative estimate of drug-likeness (QED) is 0.243. The number of esters is 2. The Morgan fingerprint density at radius 3 is 1.72 bits per heavy atom. The molecule has 0 saturated carbocycles. The molecule has 1 unspecified atom stereocenters. The summed E-state index contributed by atoms with van der Waals surface area (Å²) in [4.78, 5) is 23.5. The molecule has 0 rings (SSSR count). The van der Waals surface area contributed by atoms with Crippen LogP contribution in [0.4, 0.5) is 0 Å². The Bertz CT molecular complexity index is 356. The first-order chi connectivity index (χ1) is 11.8. The molecule has 0 N–H and O–H groups in total. The standard InChI is InChI=1S/C20H38O4S/c1-16(2)11-7-5-9-13-23-19(21)15-18(25)20(22)24-14-10-6-8-12-17(3)4/h16-18,25H,5-15H2,1-4H3. The lowest BCUT2D eigenvalue weighted by Crippen LogP contribution is -2.23. The largest absolute Gasteiger partial charge is 0.466 e. The minimum Gasteiger partial charge on any atom is -0.466 e. The predicted molar refractivity (Wildman–Crippen MR) is 106 cm³/mol. The number of hydrogen-bond donors (Lipinski definition) is 1. The van der Waals surface area contributed by atoms with E-state index in [0.29, 0.717) is 25.0 Å². The van der Waals surface area contributed by atoms with E-state index in [4.69, 9.17) is 9.47 Å². The van der Waals surface area contributed by atoms with E-state index >= 15 is 0 Å². The van der Waals surface area contributed by atoms with E-state index in [0.717, 1.165) is 38.5 Å². The van der Waals surface area contributed by atoms with E-state index in [1.807, 2.05) is 0 Å². The monoisotopic (exact) mass is 374 g/mol. The normalized spacial score (nSPS) is 12.4. The van der Waals surface area contributed by atoms with Gasteiger partial charge in [-0.2, -0.15) is 12.6 Å². The number of ether oxygens (including phenoxy) is 2. The molecule has 148 valence electrons. The van der Waals surface area contributed by atoms with Crippen molar-refractivity contribution in [3.8, 4) is 0 Å². The third-order valence-electron chi connectivity index (χ3n) is 3.99. The van der Waals surface area contributed by atoms with Gasteiger partial charge in [0.05, 0.1) is 19.6 Å². The van der Waals surface area contributed by atoms with E-state index in [9.17, 15) is 9.59 Å². The van der Waals surface area contributed by atoms with Crippen molar-refractivity contribution in [2.24, 2.45) is 11.8 Å². The molecule has 1 atom stereocenters. The van der Waals surface area contributed by atoms with Gasteiger partial charge in [0.15, 0.2) is 0 Å². The summed E-state index contributed by atoms with van der Waals surface area (Å²) in [6, 6.07) is 0. The number of unbranched alkanes of at least 4 members (excludes halogenated alkanes) is 4. The molecule has 4 nitrogen and oxygen atoms in total. The van der Waals surface area contributed by atoms with Gasteiger partial charge in [-0.3, -0.25) is 9.59 Å². The third-order valence-corrected chi connectivity index (χ3v) is 4.38. The first-order valence-electron chi connectivity index (χ1n) is 9.83. The second-order valence-corrected chi connectivity index (χ2v) is 8.22. The van der Waals surface area contributed by atoms with Crippen LogP contribution < -0.4 is 0 Å². The van der Waals surface area contributed by atoms with Crippen molar-refractivity contribution in [3.63, 3.8) is 0 Å². The summed E-state index contributed by atoms with van der Waals surface area (Å²) >= 11 is 4.16. The average Bonchev–Trinajstić information content (AvgIpc) is 2.53. The fourth-order valence-electron chi connectivity index (χ4n) is 2.42.